The highest BCUT2D eigenvalue weighted by atomic mass is 35.5. The lowest BCUT2D eigenvalue weighted by Crippen LogP contribution is -2.27. The summed E-state index contributed by atoms with van der Waals surface area (Å²) in [5.74, 6) is -2.06. The summed E-state index contributed by atoms with van der Waals surface area (Å²) in [5.41, 5.74) is 2.90. The molecule has 1 fully saturated rings. The lowest BCUT2D eigenvalue weighted by molar-refractivity contribution is -0.117. The standard InChI is InChI=1S/C25H18Cl6N2O2/c1-12-5-3-4-6-19(12)33(2)24(35)15-11-14(7-8-16(15)26)32-23(34)21-20(25(21,30)31)13-9-17(27)22(29)18(28)10-13/h3-11,20-21H,1-2H3,(H,32,34)/t20-,21+/m0/s1. The van der Waals surface area contributed by atoms with E-state index < -0.39 is 22.1 Å². The molecule has 0 radical (unpaired) electrons. The molecule has 0 saturated heterocycles. The molecule has 2 atom stereocenters. The van der Waals surface area contributed by atoms with Crippen molar-refractivity contribution in [1.82, 2.24) is 0 Å². The summed E-state index contributed by atoms with van der Waals surface area (Å²) in [7, 11) is 1.67. The lowest BCUT2D eigenvalue weighted by atomic mass is 10.1. The molecule has 0 aliphatic heterocycles. The number of hydrogen-bond acceptors (Lipinski definition) is 2. The van der Waals surface area contributed by atoms with Gasteiger partial charge in [-0.1, -0.05) is 64.6 Å². The minimum absolute atomic E-state index is 0.211. The molecule has 10 heteroatoms. The molecule has 0 aromatic heterocycles. The molecular weight excluding hydrogens is 573 g/mol. The molecule has 0 heterocycles. The van der Waals surface area contributed by atoms with Crippen LogP contribution in [0.5, 0.6) is 0 Å². The van der Waals surface area contributed by atoms with Crippen molar-refractivity contribution in [3.8, 4) is 0 Å². The van der Waals surface area contributed by atoms with Crippen LogP contribution in [0.1, 0.15) is 27.4 Å². The minimum Gasteiger partial charge on any atom is -0.326 e. The number of rotatable bonds is 5. The first kappa shape index (κ1) is 26.4. The van der Waals surface area contributed by atoms with E-state index in [0.29, 0.717) is 11.3 Å². The van der Waals surface area contributed by atoms with Gasteiger partial charge in [0.2, 0.25) is 5.91 Å². The summed E-state index contributed by atoms with van der Waals surface area (Å²) < 4.78 is -1.36. The average molecular weight is 591 g/mol. The molecule has 182 valence electrons. The van der Waals surface area contributed by atoms with Gasteiger partial charge in [-0.2, -0.15) is 0 Å². The van der Waals surface area contributed by atoms with Crippen molar-refractivity contribution in [2.75, 3.05) is 17.3 Å². The summed E-state index contributed by atoms with van der Waals surface area (Å²) >= 11 is 37.5. The van der Waals surface area contributed by atoms with Crippen molar-refractivity contribution >= 4 is 92.8 Å². The number of anilines is 2. The Kier molecular flexibility index (Phi) is 7.55. The molecule has 35 heavy (non-hydrogen) atoms. The molecule has 0 spiro atoms. The number of hydrogen-bond donors (Lipinski definition) is 1. The Morgan fingerprint density at radius 3 is 2.17 bits per heavy atom. The molecule has 1 N–H and O–H groups in total. The Morgan fingerprint density at radius 2 is 1.54 bits per heavy atom. The highest BCUT2D eigenvalue weighted by Gasteiger charge is 2.67. The molecule has 0 bridgehead atoms. The van der Waals surface area contributed by atoms with Gasteiger partial charge in [0.05, 0.1) is 31.6 Å². The molecule has 4 rings (SSSR count). The number of carbonyl (C=O) groups is 2. The Morgan fingerprint density at radius 1 is 0.914 bits per heavy atom. The van der Waals surface area contributed by atoms with Crippen molar-refractivity contribution in [1.29, 1.82) is 0 Å². The van der Waals surface area contributed by atoms with Crippen molar-refractivity contribution in [3.63, 3.8) is 0 Å². The fraction of sp³-hybridized carbons (Fsp3) is 0.200. The van der Waals surface area contributed by atoms with Crippen molar-refractivity contribution < 1.29 is 9.59 Å². The normalized spacial score (nSPS) is 18.2. The van der Waals surface area contributed by atoms with E-state index in [1.807, 2.05) is 31.2 Å². The van der Waals surface area contributed by atoms with E-state index in [2.05, 4.69) is 5.32 Å². The number of aryl methyl sites for hydroxylation is 1. The lowest BCUT2D eigenvalue weighted by Gasteiger charge is -2.20. The van der Waals surface area contributed by atoms with Gasteiger partial charge in [-0.3, -0.25) is 9.59 Å². The predicted octanol–water partition coefficient (Wildman–Crippen LogP) is 8.41. The largest absolute Gasteiger partial charge is 0.326 e. The van der Waals surface area contributed by atoms with Crippen LogP contribution in [-0.4, -0.2) is 23.2 Å². The highest BCUT2D eigenvalue weighted by molar-refractivity contribution is 6.54. The molecule has 1 aliphatic rings. The number of alkyl halides is 2. The third-order valence-corrected chi connectivity index (χ3v) is 8.41. The third kappa shape index (κ3) is 5.11. The van der Waals surface area contributed by atoms with E-state index in [-0.39, 0.29) is 31.6 Å². The zero-order chi connectivity index (χ0) is 25.7. The smallest absolute Gasteiger partial charge is 0.259 e. The second kappa shape index (κ2) is 10.0. The van der Waals surface area contributed by atoms with E-state index in [9.17, 15) is 9.59 Å². The highest BCUT2D eigenvalue weighted by Crippen LogP contribution is 2.65. The van der Waals surface area contributed by atoms with E-state index in [4.69, 9.17) is 69.6 Å². The van der Waals surface area contributed by atoms with Crippen LogP contribution in [0.3, 0.4) is 0 Å². The van der Waals surface area contributed by atoms with Gasteiger partial charge in [-0.15, -0.1) is 23.2 Å². The molecule has 0 unspecified atom stereocenters. The van der Waals surface area contributed by atoms with Gasteiger partial charge >= 0.3 is 0 Å². The monoisotopic (exact) mass is 588 g/mol. The summed E-state index contributed by atoms with van der Waals surface area (Å²) in [6.07, 6.45) is 0. The summed E-state index contributed by atoms with van der Waals surface area (Å²) in [6, 6.07) is 15.4. The van der Waals surface area contributed by atoms with Gasteiger partial charge < -0.3 is 10.2 Å². The first-order valence-corrected chi connectivity index (χ1v) is 12.7. The fourth-order valence-corrected chi connectivity index (χ4v) is 5.68. The second-order valence-electron chi connectivity index (χ2n) is 8.26. The van der Waals surface area contributed by atoms with Crippen molar-refractivity contribution in [2.24, 2.45) is 5.92 Å². The number of nitrogens with zero attached hydrogens (tertiary/aromatic N) is 1. The molecule has 3 aromatic rings. The second-order valence-corrected chi connectivity index (χ2v) is 11.3. The summed E-state index contributed by atoms with van der Waals surface area (Å²) in [5, 5.41) is 3.73. The summed E-state index contributed by atoms with van der Waals surface area (Å²) in [4.78, 5) is 27.8. The van der Waals surface area contributed by atoms with Gasteiger partial charge in [0.25, 0.3) is 5.91 Å². The van der Waals surface area contributed by atoms with Gasteiger partial charge in [0, 0.05) is 24.3 Å². The molecule has 3 aromatic carbocycles. The molecular formula is C25H18Cl6N2O2. The molecule has 1 aliphatic carbocycles. The third-order valence-electron chi connectivity index (χ3n) is 5.95. The molecule has 4 nitrogen and oxygen atoms in total. The Balaban J connectivity index is 1.55. The number of benzene rings is 3. The van der Waals surface area contributed by atoms with E-state index in [0.717, 1.165) is 11.3 Å². The summed E-state index contributed by atoms with van der Waals surface area (Å²) in [6.45, 7) is 1.91. The van der Waals surface area contributed by atoms with Crippen LogP contribution in [0.2, 0.25) is 20.1 Å². The first-order valence-electron chi connectivity index (χ1n) is 10.4. The van der Waals surface area contributed by atoms with E-state index in [1.54, 1.807) is 31.3 Å². The van der Waals surface area contributed by atoms with Gasteiger partial charge in [0.15, 0.2) is 0 Å². The van der Waals surface area contributed by atoms with Gasteiger partial charge in [-0.25, -0.2) is 0 Å². The number of amides is 2. The Labute approximate surface area is 233 Å². The SMILES string of the molecule is Cc1ccccc1N(C)C(=O)c1cc(NC(=O)[C@H]2[C@H](c3cc(Cl)c(Cl)c(Cl)c3)C2(Cl)Cl)ccc1Cl. The van der Waals surface area contributed by atoms with Crippen LogP contribution in [0.15, 0.2) is 54.6 Å². The zero-order valence-corrected chi connectivity index (χ0v) is 22.9. The van der Waals surface area contributed by atoms with Crippen molar-refractivity contribution in [3.05, 3.63) is 91.4 Å². The fourth-order valence-electron chi connectivity index (χ4n) is 4.04. The van der Waals surface area contributed by atoms with Gasteiger partial charge in [-0.05, 0) is 54.4 Å². The number of carbonyl (C=O) groups excluding carboxylic acids is 2. The number of para-hydroxylation sites is 1. The quantitative estimate of drug-likeness (QED) is 0.239. The van der Waals surface area contributed by atoms with Crippen LogP contribution in [-0.2, 0) is 4.79 Å². The first-order chi connectivity index (χ1) is 16.4. The van der Waals surface area contributed by atoms with Crippen molar-refractivity contribution in [2.45, 2.75) is 17.2 Å². The van der Waals surface area contributed by atoms with E-state index in [1.165, 1.54) is 11.0 Å². The maximum atomic E-state index is 13.2. The van der Waals surface area contributed by atoms with Crippen LogP contribution in [0, 0.1) is 12.8 Å². The number of halogens is 6. The van der Waals surface area contributed by atoms with Crippen LogP contribution < -0.4 is 10.2 Å². The molecule has 2 amide bonds. The maximum Gasteiger partial charge on any atom is 0.259 e. The van der Waals surface area contributed by atoms with Gasteiger partial charge in [0.1, 0.15) is 4.33 Å². The minimum atomic E-state index is -1.36. The maximum absolute atomic E-state index is 13.2. The predicted molar refractivity (Wildman–Crippen MR) is 146 cm³/mol. The Hall–Kier alpha value is -1.66. The average Bonchev–Trinajstić information content (AvgIpc) is 3.39. The zero-order valence-electron chi connectivity index (χ0n) is 18.4. The van der Waals surface area contributed by atoms with Crippen LogP contribution in [0.4, 0.5) is 11.4 Å². The topological polar surface area (TPSA) is 49.4 Å². The number of nitrogens with one attached hydrogen (secondary N) is 1. The van der Waals surface area contributed by atoms with E-state index >= 15 is 0 Å². The molecule has 1 saturated carbocycles. The van der Waals surface area contributed by atoms with Crippen LogP contribution in [0.25, 0.3) is 0 Å². The van der Waals surface area contributed by atoms with Crippen LogP contribution >= 0.6 is 69.6 Å². The Bertz CT molecular complexity index is 1320.